The number of fused-ring (bicyclic) bond motifs is 1. The first-order valence-electron chi connectivity index (χ1n) is 5.96. The Morgan fingerprint density at radius 1 is 1.14 bits per heavy atom. The summed E-state index contributed by atoms with van der Waals surface area (Å²) in [6.45, 7) is 0.165. The highest BCUT2D eigenvalue weighted by atomic mass is 35.5. The lowest BCUT2D eigenvalue weighted by molar-refractivity contribution is 0.296. The highest BCUT2D eigenvalue weighted by Crippen LogP contribution is 2.27. The molecule has 0 aliphatic heterocycles. The molecule has 0 saturated carbocycles. The van der Waals surface area contributed by atoms with Crippen LogP contribution in [0.4, 0.5) is 0 Å². The van der Waals surface area contributed by atoms with Crippen molar-refractivity contribution in [1.82, 2.24) is 19.7 Å². The Bertz CT molecular complexity index is 819. The van der Waals surface area contributed by atoms with E-state index in [0.717, 1.165) is 0 Å². The molecule has 0 unspecified atom stereocenters. The van der Waals surface area contributed by atoms with Gasteiger partial charge in [-0.2, -0.15) is 5.10 Å². The van der Waals surface area contributed by atoms with Crippen LogP contribution in [0, 0.1) is 0 Å². The van der Waals surface area contributed by atoms with Gasteiger partial charge in [-0.25, -0.2) is 9.97 Å². The first kappa shape index (κ1) is 14.4. The molecule has 108 valence electrons. The van der Waals surface area contributed by atoms with Crippen molar-refractivity contribution in [2.75, 3.05) is 0 Å². The molecule has 0 aliphatic rings. The fourth-order valence-electron chi connectivity index (χ4n) is 1.81. The second kappa shape index (κ2) is 5.67. The number of benzene rings is 1. The monoisotopic (exact) mass is 342 g/mol. The van der Waals surface area contributed by atoms with E-state index in [0.29, 0.717) is 37.8 Å². The van der Waals surface area contributed by atoms with Crippen LogP contribution >= 0.6 is 34.8 Å². The van der Waals surface area contributed by atoms with Gasteiger partial charge in [-0.15, -0.1) is 0 Å². The fourth-order valence-corrected chi connectivity index (χ4v) is 2.33. The van der Waals surface area contributed by atoms with Crippen molar-refractivity contribution in [3.63, 3.8) is 0 Å². The van der Waals surface area contributed by atoms with Gasteiger partial charge in [0.1, 0.15) is 17.5 Å². The average Bonchev–Trinajstić information content (AvgIpc) is 2.83. The summed E-state index contributed by atoms with van der Waals surface area (Å²) in [5.74, 6) is 1.04. The molecular weight excluding hydrogens is 335 g/mol. The molecule has 0 radical (unpaired) electrons. The Morgan fingerprint density at radius 2 is 1.95 bits per heavy atom. The average molecular weight is 344 g/mol. The van der Waals surface area contributed by atoms with E-state index in [1.807, 2.05) is 0 Å². The number of halogens is 3. The lowest BCUT2D eigenvalue weighted by atomic mass is 10.3. The zero-order valence-electron chi connectivity index (χ0n) is 10.8. The molecule has 0 amide bonds. The van der Waals surface area contributed by atoms with E-state index in [-0.39, 0.29) is 6.61 Å². The minimum atomic E-state index is 0.165. The maximum absolute atomic E-state index is 6.10. The third-order valence-electron chi connectivity index (χ3n) is 2.85. The van der Waals surface area contributed by atoms with E-state index in [1.54, 1.807) is 36.1 Å². The van der Waals surface area contributed by atoms with E-state index in [9.17, 15) is 0 Å². The van der Waals surface area contributed by atoms with Gasteiger partial charge < -0.3 is 4.74 Å². The number of hydrogen-bond donors (Lipinski definition) is 0. The summed E-state index contributed by atoms with van der Waals surface area (Å²) in [4.78, 5) is 8.56. The van der Waals surface area contributed by atoms with Crippen molar-refractivity contribution < 1.29 is 4.74 Å². The summed E-state index contributed by atoms with van der Waals surface area (Å²) in [6.07, 6.45) is 1.63. The molecule has 0 bridgehead atoms. The zero-order chi connectivity index (χ0) is 15.0. The zero-order valence-corrected chi connectivity index (χ0v) is 13.1. The van der Waals surface area contributed by atoms with E-state index in [2.05, 4.69) is 15.1 Å². The number of hydrogen-bond acceptors (Lipinski definition) is 4. The Balaban J connectivity index is 1.84. The predicted molar refractivity (Wildman–Crippen MR) is 82.1 cm³/mol. The summed E-state index contributed by atoms with van der Waals surface area (Å²) in [5.41, 5.74) is 0.655. The molecule has 0 spiro atoms. The van der Waals surface area contributed by atoms with Crippen LogP contribution in [0.25, 0.3) is 11.0 Å². The Kier molecular flexibility index (Phi) is 3.89. The standard InChI is InChI=1S/C13H9Cl3N4O/c1-20-13-8(5-17-20)12(16)18-11(19-13)6-21-7-2-3-9(14)10(15)4-7/h2-5H,6H2,1H3. The smallest absolute Gasteiger partial charge is 0.170 e. The molecule has 2 heterocycles. The Hall–Kier alpha value is -1.56. The molecule has 3 rings (SSSR count). The molecule has 0 fully saturated rings. The van der Waals surface area contributed by atoms with Crippen LogP contribution in [0.15, 0.2) is 24.4 Å². The van der Waals surface area contributed by atoms with Gasteiger partial charge in [0.15, 0.2) is 11.5 Å². The van der Waals surface area contributed by atoms with Crippen molar-refractivity contribution >= 4 is 45.8 Å². The van der Waals surface area contributed by atoms with Crippen molar-refractivity contribution in [2.24, 2.45) is 7.05 Å². The molecule has 0 saturated heterocycles. The summed E-state index contributed by atoms with van der Waals surface area (Å²) in [7, 11) is 1.79. The summed E-state index contributed by atoms with van der Waals surface area (Å²) in [5, 5.41) is 6.05. The Labute approximate surface area is 135 Å². The van der Waals surface area contributed by atoms with Gasteiger partial charge in [-0.1, -0.05) is 34.8 Å². The van der Waals surface area contributed by atoms with Crippen LogP contribution in [0.3, 0.4) is 0 Å². The van der Waals surface area contributed by atoms with Crippen molar-refractivity contribution in [3.8, 4) is 5.75 Å². The van der Waals surface area contributed by atoms with E-state index < -0.39 is 0 Å². The van der Waals surface area contributed by atoms with Crippen LogP contribution in [-0.2, 0) is 13.7 Å². The summed E-state index contributed by atoms with van der Waals surface area (Å²) >= 11 is 17.9. The predicted octanol–water partition coefficient (Wildman–Crippen LogP) is 3.90. The number of aromatic nitrogens is 4. The molecule has 1 aromatic carbocycles. The quantitative estimate of drug-likeness (QED) is 0.677. The lowest BCUT2D eigenvalue weighted by Gasteiger charge is -2.07. The topological polar surface area (TPSA) is 52.8 Å². The first-order valence-corrected chi connectivity index (χ1v) is 7.10. The summed E-state index contributed by atoms with van der Waals surface area (Å²) < 4.78 is 7.22. The molecular formula is C13H9Cl3N4O. The van der Waals surface area contributed by atoms with Crippen LogP contribution in [0.1, 0.15) is 5.82 Å². The van der Waals surface area contributed by atoms with Gasteiger partial charge in [-0.05, 0) is 12.1 Å². The SMILES string of the molecule is Cn1ncc2c(Cl)nc(COc3ccc(Cl)c(Cl)c3)nc21. The number of rotatable bonds is 3. The third kappa shape index (κ3) is 2.90. The van der Waals surface area contributed by atoms with E-state index >= 15 is 0 Å². The fraction of sp³-hybridized carbons (Fsp3) is 0.154. The number of ether oxygens (including phenoxy) is 1. The van der Waals surface area contributed by atoms with Gasteiger partial charge in [-0.3, -0.25) is 4.68 Å². The van der Waals surface area contributed by atoms with Gasteiger partial charge >= 0.3 is 0 Å². The van der Waals surface area contributed by atoms with Crippen LogP contribution < -0.4 is 4.74 Å². The molecule has 0 atom stereocenters. The largest absolute Gasteiger partial charge is 0.486 e. The second-order valence-corrected chi connectivity index (χ2v) is 5.47. The highest BCUT2D eigenvalue weighted by Gasteiger charge is 2.10. The highest BCUT2D eigenvalue weighted by molar-refractivity contribution is 6.42. The van der Waals surface area contributed by atoms with Gasteiger partial charge in [0.2, 0.25) is 0 Å². The van der Waals surface area contributed by atoms with Crippen LogP contribution in [-0.4, -0.2) is 19.7 Å². The summed E-state index contributed by atoms with van der Waals surface area (Å²) in [6, 6.07) is 5.02. The maximum atomic E-state index is 6.10. The van der Waals surface area contributed by atoms with Crippen molar-refractivity contribution in [2.45, 2.75) is 6.61 Å². The lowest BCUT2D eigenvalue weighted by Crippen LogP contribution is -2.03. The maximum Gasteiger partial charge on any atom is 0.170 e. The number of aryl methyl sites for hydroxylation is 1. The van der Waals surface area contributed by atoms with Crippen molar-refractivity contribution in [1.29, 1.82) is 0 Å². The van der Waals surface area contributed by atoms with Gasteiger partial charge in [0.25, 0.3) is 0 Å². The molecule has 21 heavy (non-hydrogen) atoms. The molecule has 5 nitrogen and oxygen atoms in total. The normalized spacial score (nSPS) is 11.0. The molecule has 3 aromatic rings. The van der Waals surface area contributed by atoms with E-state index in [4.69, 9.17) is 39.5 Å². The second-order valence-electron chi connectivity index (χ2n) is 4.30. The first-order chi connectivity index (χ1) is 10.0. The van der Waals surface area contributed by atoms with Gasteiger partial charge in [0, 0.05) is 13.1 Å². The Morgan fingerprint density at radius 3 is 2.71 bits per heavy atom. The van der Waals surface area contributed by atoms with Crippen molar-refractivity contribution in [3.05, 3.63) is 45.4 Å². The minimum Gasteiger partial charge on any atom is -0.486 e. The van der Waals surface area contributed by atoms with Crippen LogP contribution in [0.2, 0.25) is 15.2 Å². The number of nitrogens with zero attached hydrogens (tertiary/aromatic N) is 4. The van der Waals surface area contributed by atoms with E-state index in [1.165, 1.54) is 0 Å². The molecule has 0 N–H and O–H groups in total. The van der Waals surface area contributed by atoms with Gasteiger partial charge in [0.05, 0.1) is 21.6 Å². The molecule has 2 aromatic heterocycles. The van der Waals surface area contributed by atoms with Crippen LogP contribution in [0.5, 0.6) is 5.75 Å². The molecule has 0 aliphatic carbocycles. The third-order valence-corrected chi connectivity index (χ3v) is 3.88. The minimum absolute atomic E-state index is 0.165. The molecule has 8 heteroatoms.